The van der Waals surface area contributed by atoms with E-state index in [2.05, 4.69) is 4.98 Å². The highest BCUT2D eigenvalue weighted by Crippen LogP contribution is 2.37. The van der Waals surface area contributed by atoms with E-state index in [1.54, 1.807) is 13.3 Å². The molecule has 124 valence electrons. The third-order valence-corrected chi connectivity index (χ3v) is 4.82. The number of hydrogen-bond acceptors (Lipinski definition) is 4. The molecule has 0 spiro atoms. The fourth-order valence-corrected chi connectivity index (χ4v) is 3.43. The molecule has 0 saturated carbocycles. The predicted molar refractivity (Wildman–Crippen MR) is 89.2 cm³/mol. The third kappa shape index (κ3) is 2.60. The van der Waals surface area contributed by atoms with Crippen molar-refractivity contribution in [1.29, 1.82) is 0 Å². The number of methoxy groups -OCH3 is 1. The predicted octanol–water partition coefficient (Wildman–Crippen LogP) is 2.27. The number of amides is 1. The molecule has 24 heavy (non-hydrogen) atoms. The number of likely N-dealkylation sites (tertiary alicyclic amines) is 1. The molecular formula is C19H20N2O3. The van der Waals surface area contributed by atoms with Gasteiger partial charge in [-0.25, -0.2) is 0 Å². The Hall–Kier alpha value is -2.56. The van der Waals surface area contributed by atoms with Gasteiger partial charge in [-0.05, 0) is 30.2 Å². The SMILES string of the molecule is COc1cccc2c1OC[C@@H](C(=O)N1CC(c3ccccn3)C1)C2. The average Bonchev–Trinajstić information content (AvgIpc) is 2.60. The van der Waals surface area contributed by atoms with Crippen LogP contribution in [0.5, 0.6) is 11.5 Å². The zero-order valence-corrected chi connectivity index (χ0v) is 13.6. The Kier molecular flexibility index (Phi) is 3.84. The third-order valence-electron chi connectivity index (χ3n) is 4.82. The van der Waals surface area contributed by atoms with Crippen LogP contribution in [0.3, 0.4) is 0 Å². The number of carbonyl (C=O) groups excluding carboxylic acids is 1. The normalized spacial score (nSPS) is 19.9. The molecule has 1 atom stereocenters. The molecule has 0 radical (unpaired) electrons. The Morgan fingerprint density at radius 2 is 2.12 bits per heavy atom. The molecule has 1 aromatic carbocycles. The van der Waals surface area contributed by atoms with Gasteiger partial charge in [-0.3, -0.25) is 9.78 Å². The Morgan fingerprint density at radius 3 is 2.88 bits per heavy atom. The van der Waals surface area contributed by atoms with Crippen LogP contribution in [0.4, 0.5) is 0 Å². The summed E-state index contributed by atoms with van der Waals surface area (Å²) in [6.45, 7) is 1.91. The Bertz CT molecular complexity index is 742. The lowest BCUT2D eigenvalue weighted by molar-refractivity contribution is -0.141. The first kappa shape index (κ1) is 15.0. The summed E-state index contributed by atoms with van der Waals surface area (Å²) in [5.41, 5.74) is 2.11. The first-order valence-electron chi connectivity index (χ1n) is 8.24. The van der Waals surface area contributed by atoms with Crippen molar-refractivity contribution in [3.8, 4) is 11.5 Å². The van der Waals surface area contributed by atoms with Crippen molar-refractivity contribution < 1.29 is 14.3 Å². The molecule has 0 N–H and O–H groups in total. The van der Waals surface area contributed by atoms with Gasteiger partial charge in [-0.15, -0.1) is 0 Å². The van der Waals surface area contributed by atoms with Gasteiger partial charge in [-0.2, -0.15) is 0 Å². The van der Waals surface area contributed by atoms with E-state index in [4.69, 9.17) is 9.47 Å². The monoisotopic (exact) mass is 324 g/mol. The Balaban J connectivity index is 1.40. The summed E-state index contributed by atoms with van der Waals surface area (Å²) in [4.78, 5) is 19.0. The molecule has 1 aromatic heterocycles. The topological polar surface area (TPSA) is 51.7 Å². The lowest BCUT2D eigenvalue weighted by atomic mass is 9.90. The van der Waals surface area contributed by atoms with E-state index in [0.717, 1.165) is 35.8 Å². The number of para-hydroxylation sites is 1. The van der Waals surface area contributed by atoms with E-state index in [1.807, 2.05) is 41.3 Å². The highest BCUT2D eigenvalue weighted by Gasteiger charge is 2.37. The van der Waals surface area contributed by atoms with Crippen LogP contribution in [0.1, 0.15) is 17.2 Å². The molecule has 5 nitrogen and oxygen atoms in total. The second-order valence-corrected chi connectivity index (χ2v) is 6.36. The summed E-state index contributed by atoms with van der Waals surface area (Å²) in [5.74, 6) is 1.92. The van der Waals surface area contributed by atoms with E-state index >= 15 is 0 Å². The zero-order chi connectivity index (χ0) is 16.5. The van der Waals surface area contributed by atoms with Gasteiger partial charge in [-0.1, -0.05) is 18.2 Å². The number of nitrogens with zero attached hydrogens (tertiary/aromatic N) is 2. The minimum absolute atomic E-state index is 0.116. The lowest BCUT2D eigenvalue weighted by Crippen LogP contribution is -2.52. The van der Waals surface area contributed by atoms with Gasteiger partial charge in [0, 0.05) is 30.9 Å². The van der Waals surface area contributed by atoms with E-state index < -0.39 is 0 Å². The number of pyridine rings is 1. The molecule has 1 saturated heterocycles. The Morgan fingerprint density at radius 1 is 1.25 bits per heavy atom. The summed E-state index contributed by atoms with van der Waals surface area (Å²) in [6.07, 6.45) is 2.51. The first-order valence-corrected chi connectivity index (χ1v) is 8.24. The van der Waals surface area contributed by atoms with Crippen molar-refractivity contribution in [2.75, 3.05) is 26.8 Å². The number of fused-ring (bicyclic) bond motifs is 1. The summed E-state index contributed by atoms with van der Waals surface area (Å²) in [6, 6.07) is 11.8. The van der Waals surface area contributed by atoms with Gasteiger partial charge < -0.3 is 14.4 Å². The number of rotatable bonds is 3. The fourth-order valence-electron chi connectivity index (χ4n) is 3.43. The van der Waals surface area contributed by atoms with Gasteiger partial charge in [0.1, 0.15) is 6.61 Å². The number of benzene rings is 1. The molecule has 2 aliphatic rings. The van der Waals surface area contributed by atoms with Gasteiger partial charge in [0.15, 0.2) is 11.5 Å². The van der Waals surface area contributed by atoms with Crippen LogP contribution in [-0.4, -0.2) is 42.6 Å². The average molecular weight is 324 g/mol. The lowest BCUT2D eigenvalue weighted by Gasteiger charge is -2.41. The summed E-state index contributed by atoms with van der Waals surface area (Å²) in [5, 5.41) is 0. The molecule has 4 rings (SSSR count). The van der Waals surface area contributed by atoms with Crippen LogP contribution >= 0.6 is 0 Å². The molecule has 2 aliphatic heterocycles. The molecule has 0 unspecified atom stereocenters. The van der Waals surface area contributed by atoms with Gasteiger partial charge in [0.05, 0.1) is 13.0 Å². The van der Waals surface area contributed by atoms with Crippen LogP contribution in [0.25, 0.3) is 0 Å². The van der Waals surface area contributed by atoms with Crippen LogP contribution in [0, 0.1) is 5.92 Å². The largest absolute Gasteiger partial charge is 0.493 e. The van der Waals surface area contributed by atoms with Crippen LogP contribution in [0.15, 0.2) is 42.6 Å². The maximum Gasteiger partial charge on any atom is 0.229 e. The van der Waals surface area contributed by atoms with Crippen molar-refractivity contribution in [3.05, 3.63) is 53.9 Å². The van der Waals surface area contributed by atoms with Gasteiger partial charge >= 0.3 is 0 Å². The van der Waals surface area contributed by atoms with Crippen molar-refractivity contribution in [3.63, 3.8) is 0 Å². The summed E-state index contributed by atoms with van der Waals surface area (Å²) < 4.78 is 11.1. The molecule has 0 aliphatic carbocycles. The molecule has 1 fully saturated rings. The van der Waals surface area contributed by atoms with Crippen molar-refractivity contribution in [2.45, 2.75) is 12.3 Å². The number of ether oxygens (including phenoxy) is 2. The van der Waals surface area contributed by atoms with Crippen molar-refractivity contribution >= 4 is 5.91 Å². The number of carbonyl (C=O) groups is 1. The number of aromatic nitrogens is 1. The second kappa shape index (κ2) is 6.15. The van der Waals surface area contributed by atoms with Crippen molar-refractivity contribution in [2.24, 2.45) is 5.92 Å². The van der Waals surface area contributed by atoms with Gasteiger partial charge in [0.2, 0.25) is 5.91 Å². The zero-order valence-electron chi connectivity index (χ0n) is 13.6. The molecule has 2 aromatic rings. The smallest absolute Gasteiger partial charge is 0.229 e. The highest BCUT2D eigenvalue weighted by atomic mass is 16.5. The van der Waals surface area contributed by atoms with E-state index in [-0.39, 0.29) is 11.8 Å². The van der Waals surface area contributed by atoms with E-state index in [9.17, 15) is 4.79 Å². The van der Waals surface area contributed by atoms with Crippen LogP contribution in [0.2, 0.25) is 0 Å². The minimum Gasteiger partial charge on any atom is -0.493 e. The van der Waals surface area contributed by atoms with Crippen LogP contribution in [-0.2, 0) is 11.2 Å². The van der Waals surface area contributed by atoms with E-state index in [0.29, 0.717) is 18.9 Å². The fraction of sp³-hybridized carbons (Fsp3) is 0.368. The van der Waals surface area contributed by atoms with Crippen LogP contribution < -0.4 is 9.47 Å². The quantitative estimate of drug-likeness (QED) is 0.869. The first-order chi connectivity index (χ1) is 11.8. The standard InChI is InChI=1S/C19H20N2O3/c1-23-17-7-4-5-13-9-14(12-24-18(13)17)19(22)21-10-15(11-21)16-6-2-3-8-20-16/h2-8,14-15H,9-12H2,1H3/t14-/m0/s1. The van der Waals surface area contributed by atoms with Gasteiger partial charge in [0.25, 0.3) is 0 Å². The minimum atomic E-state index is -0.116. The molecular weight excluding hydrogens is 304 g/mol. The molecule has 1 amide bonds. The number of hydrogen-bond donors (Lipinski definition) is 0. The summed E-state index contributed by atoms with van der Waals surface area (Å²) in [7, 11) is 1.63. The highest BCUT2D eigenvalue weighted by molar-refractivity contribution is 5.81. The summed E-state index contributed by atoms with van der Waals surface area (Å²) >= 11 is 0. The molecule has 3 heterocycles. The van der Waals surface area contributed by atoms with E-state index in [1.165, 1.54) is 0 Å². The molecule has 0 bridgehead atoms. The van der Waals surface area contributed by atoms with Crippen molar-refractivity contribution in [1.82, 2.24) is 9.88 Å². The maximum atomic E-state index is 12.7. The maximum absolute atomic E-state index is 12.7. The Labute approximate surface area is 141 Å². The second-order valence-electron chi connectivity index (χ2n) is 6.36. The molecule has 5 heteroatoms.